The average molecular weight is 473 g/mol. The molecule has 6 nitrogen and oxygen atoms in total. The molecule has 0 radical (unpaired) electrons. The van der Waals surface area contributed by atoms with Gasteiger partial charge in [0.1, 0.15) is 16.9 Å². The molecule has 7 heteroatoms. The molecule has 2 aromatic carbocycles. The predicted octanol–water partition coefficient (Wildman–Crippen LogP) is 4.93. The molecule has 1 unspecified atom stereocenters. The maximum atomic E-state index is 13.8. The zero-order valence-corrected chi connectivity index (χ0v) is 19.2. The monoisotopic (exact) mass is 472 g/mol. The number of methoxy groups -OCH3 is 1. The first-order chi connectivity index (χ1) is 14.2. The second-order valence-corrected chi connectivity index (χ2v) is 9.53. The van der Waals surface area contributed by atoms with Gasteiger partial charge in [-0.05, 0) is 66.9 Å². The third-order valence-corrected chi connectivity index (χ3v) is 6.21. The van der Waals surface area contributed by atoms with Gasteiger partial charge < -0.3 is 14.4 Å². The first-order valence-corrected chi connectivity index (χ1v) is 10.7. The van der Waals surface area contributed by atoms with E-state index in [4.69, 9.17) is 9.47 Å². The minimum Gasteiger partial charge on any atom is -0.495 e. The molecule has 2 heterocycles. The molecule has 0 bridgehead atoms. The Kier molecular flexibility index (Phi) is 5.04. The zero-order valence-electron chi connectivity index (χ0n) is 17.6. The summed E-state index contributed by atoms with van der Waals surface area (Å²) >= 11 is 3.45. The fourth-order valence-corrected chi connectivity index (χ4v) is 4.68. The molecule has 1 saturated heterocycles. The van der Waals surface area contributed by atoms with Crippen LogP contribution in [-0.2, 0) is 16.0 Å². The van der Waals surface area contributed by atoms with Gasteiger partial charge in [0.25, 0.3) is 5.91 Å². The Bertz CT molecular complexity index is 1020. The molecular formula is C23H25BrN2O4. The molecular weight excluding hydrogens is 448 g/mol. The van der Waals surface area contributed by atoms with Crippen molar-refractivity contribution in [2.45, 2.75) is 44.8 Å². The maximum absolute atomic E-state index is 13.8. The highest BCUT2D eigenvalue weighted by Crippen LogP contribution is 2.46. The number of rotatable bonds is 2. The minimum atomic E-state index is -0.980. The van der Waals surface area contributed by atoms with Gasteiger partial charge in [0, 0.05) is 24.7 Å². The molecule has 1 fully saturated rings. The van der Waals surface area contributed by atoms with Crippen LogP contribution in [0, 0.1) is 0 Å². The van der Waals surface area contributed by atoms with Gasteiger partial charge in [-0.3, -0.25) is 9.69 Å². The van der Waals surface area contributed by atoms with Gasteiger partial charge in [-0.2, -0.15) is 0 Å². The van der Waals surface area contributed by atoms with Gasteiger partial charge in [-0.15, -0.1) is 0 Å². The normalized spacial score (nSPS) is 20.6. The number of hydrogen-bond donors (Lipinski definition) is 0. The molecule has 2 aliphatic rings. The van der Waals surface area contributed by atoms with Gasteiger partial charge >= 0.3 is 6.09 Å². The summed E-state index contributed by atoms with van der Waals surface area (Å²) in [4.78, 5) is 30.3. The Labute approximate surface area is 184 Å². The number of hydrogen-bond acceptors (Lipinski definition) is 4. The van der Waals surface area contributed by atoms with Crippen LogP contribution < -0.4 is 14.5 Å². The van der Waals surface area contributed by atoms with Crippen LogP contribution in [0.1, 0.15) is 32.8 Å². The summed E-state index contributed by atoms with van der Waals surface area (Å²) in [5.74, 6) is 0.550. The topological polar surface area (TPSA) is 59.1 Å². The fourth-order valence-electron chi connectivity index (χ4n) is 4.27. The van der Waals surface area contributed by atoms with E-state index >= 15 is 0 Å². The number of carbonyl (C=O) groups excluding carboxylic acids is 2. The Hall–Kier alpha value is -2.54. The number of nitrogens with zero attached hydrogens (tertiary/aromatic N) is 2. The standard InChI is InChI=1S/C23H25BrN2O4/c1-22(2,3)30-21(28)26-18-8-6-5-7-15(18)14-23(26)11-12-25(20(23)27)16-9-10-17(24)19(13-16)29-4/h5-10,13H,11-12,14H2,1-4H3. The number of anilines is 2. The molecule has 1 atom stereocenters. The lowest BCUT2D eigenvalue weighted by Gasteiger charge is -2.35. The van der Waals surface area contributed by atoms with E-state index in [1.54, 1.807) is 16.9 Å². The van der Waals surface area contributed by atoms with Crippen LogP contribution in [0.15, 0.2) is 46.9 Å². The second-order valence-electron chi connectivity index (χ2n) is 8.68. The molecule has 4 rings (SSSR count). The van der Waals surface area contributed by atoms with Crippen LogP contribution in [0.3, 0.4) is 0 Å². The summed E-state index contributed by atoms with van der Waals surface area (Å²) in [7, 11) is 1.59. The number of halogens is 1. The van der Waals surface area contributed by atoms with Crippen molar-refractivity contribution in [3.63, 3.8) is 0 Å². The Morgan fingerprint density at radius 2 is 1.90 bits per heavy atom. The lowest BCUT2D eigenvalue weighted by molar-refractivity contribution is -0.121. The van der Waals surface area contributed by atoms with Crippen LogP contribution in [0.5, 0.6) is 5.75 Å². The van der Waals surface area contributed by atoms with Crippen LogP contribution in [0.2, 0.25) is 0 Å². The van der Waals surface area contributed by atoms with Crippen molar-refractivity contribution < 1.29 is 19.1 Å². The Morgan fingerprint density at radius 3 is 2.60 bits per heavy atom. The maximum Gasteiger partial charge on any atom is 0.415 e. The quantitative estimate of drug-likeness (QED) is 0.621. The Morgan fingerprint density at radius 1 is 1.17 bits per heavy atom. The first-order valence-electron chi connectivity index (χ1n) is 9.93. The highest BCUT2D eigenvalue weighted by molar-refractivity contribution is 9.10. The first kappa shape index (κ1) is 20.7. The smallest absolute Gasteiger partial charge is 0.415 e. The number of benzene rings is 2. The van der Waals surface area contributed by atoms with Gasteiger partial charge in [0.2, 0.25) is 0 Å². The van der Waals surface area contributed by atoms with Crippen molar-refractivity contribution in [1.82, 2.24) is 0 Å². The van der Waals surface area contributed by atoms with E-state index in [0.29, 0.717) is 25.1 Å². The highest BCUT2D eigenvalue weighted by atomic mass is 79.9. The summed E-state index contributed by atoms with van der Waals surface area (Å²) in [5.41, 5.74) is 0.835. The predicted molar refractivity (Wildman–Crippen MR) is 119 cm³/mol. The molecule has 2 aliphatic heterocycles. The average Bonchev–Trinajstić information content (AvgIpc) is 3.18. The van der Waals surface area contributed by atoms with Gasteiger partial charge in [-0.25, -0.2) is 4.79 Å². The molecule has 158 valence electrons. The van der Waals surface area contributed by atoms with Gasteiger partial charge in [0.15, 0.2) is 0 Å². The van der Waals surface area contributed by atoms with Crippen molar-refractivity contribution in [3.8, 4) is 5.75 Å². The third-order valence-electron chi connectivity index (χ3n) is 5.56. The lowest BCUT2D eigenvalue weighted by Crippen LogP contribution is -2.56. The van der Waals surface area contributed by atoms with Crippen LogP contribution >= 0.6 is 15.9 Å². The van der Waals surface area contributed by atoms with Crippen molar-refractivity contribution >= 4 is 39.3 Å². The van der Waals surface area contributed by atoms with Crippen molar-refractivity contribution in [3.05, 3.63) is 52.5 Å². The number of para-hydroxylation sites is 1. The number of carbonyl (C=O) groups is 2. The van der Waals surface area contributed by atoms with E-state index in [2.05, 4.69) is 15.9 Å². The second kappa shape index (κ2) is 7.30. The van der Waals surface area contributed by atoms with E-state index in [-0.39, 0.29) is 5.91 Å². The summed E-state index contributed by atoms with van der Waals surface area (Å²) in [6.45, 7) is 6.00. The van der Waals surface area contributed by atoms with Gasteiger partial charge in [-0.1, -0.05) is 18.2 Å². The number of amides is 2. The largest absolute Gasteiger partial charge is 0.495 e. The number of ether oxygens (including phenoxy) is 2. The van der Waals surface area contributed by atoms with E-state index in [9.17, 15) is 9.59 Å². The minimum absolute atomic E-state index is 0.103. The summed E-state index contributed by atoms with van der Waals surface area (Å²) < 4.78 is 11.9. The summed E-state index contributed by atoms with van der Waals surface area (Å²) in [5, 5.41) is 0. The number of fused-ring (bicyclic) bond motifs is 1. The molecule has 0 N–H and O–H groups in total. The van der Waals surface area contributed by atoms with Crippen molar-refractivity contribution in [2.75, 3.05) is 23.5 Å². The molecule has 0 aromatic heterocycles. The van der Waals surface area contributed by atoms with Crippen LogP contribution in [0.25, 0.3) is 0 Å². The van der Waals surface area contributed by atoms with E-state index in [1.165, 1.54) is 0 Å². The van der Waals surface area contributed by atoms with E-state index in [1.807, 2.05) is 63.2 Å². The fraction of sp³-hybridized carbons (Fsp3) is 0.391. The third kappa shape index (κ3) is 3.35. The lowest BCUT2D eigenvalue weighted by atomic mass is 9.92. The molecule has 0 aliphatic carbocycles. The van der Waals surface area contributed by atoms with Gasteiger partial charge in [0.05, 0.1) is 17.3 Å². The molecule has 2 aromatic rings. The molecule has 30 heavy (non-hydrogen) atoms. The van der Waals surface area contributed by atoms with E-state index in [0.717, 1.165) is 21.4 Å². The zero-order chi connectivity index (χ0) is 21.7. The van der Waals surface area contributed by atoms with Crippen LogP contribution in [0.4, 0.5) is 16.2 Å². The SMILES string of the molecule is COc1cc(N2CCC3(Cc4ccccc4N3C(=O)OC(C)(C)C)C2=O)ccc1Br. The van der Waals surface area contributed by atoms with E-state index < -0.39 is 17.2 Å². The molecule has 1 spiro atoms. The summed E-state index contributed by atoms with van der Waals surface area (Å²) in [6, 6.07) is 13.2. The van der Waals surface area contributed by atoms with Crippen molar-refractivity contribution in [1.29, 1.82) is 0 Å². The summed E-state index contributed by atoms with van der Waals surface area (Å²) in [6.07, 6.45) is 0.514. The molecule has 2 amide bonds. The van der Waals surface area contributed by atoms with Crippen molar-refractivity contribution in [2.24, 2.45) is 0 Å². The van der Waals surface area contributed by atoms with Crippen LogP contribution in [-0.4, -0.2) is 36.8 Å². The molecule has 0 saturated carbocycles. The highest BCUT2D eigenvalue weighted by Gasteiger charge is 2.58. The Balaban J connectivity index is 1.74.